The molecule has 0 spiro atoms. The molecule has 22 heavy (non-hydrogen) atoms. The Morgan fingerprint density at radius 3 is 2.41 bits per heavy atom. The second kappa shape index (κ2) is 6.64. The minimum absolute atomic E-state index is 0.202. The van der Waals surface area contributed by atoms with Gasteiger partial charge in [-0.05, 0) is 42.8 Å². The largest absolute Gasteiger partial charge is 0.321 e. The van der Waals surface area contributed by atoms with Gasteiger partial charge in [0.05, 0.1) is 0 Å². The summed E-state index contributed by atoms with van der Waals surface area (Å²) in [6.07, 6.45) is 1.20. The van der Waals surface area contributed by atoms with Gasteiger partial charge in [-0.25, -0.2) is 8.78 Å². The molecule has 0 saturated carbocycles. The van der Waals surface area contributed by atoms with Crippen molar-refractivity contribution >= 4 is 17.7 Å². The first kappa shape index (κ1) is 15.4. The predicted molar refractivity (Wildman–Crippen MR) is 79.8 cm³/mol. The molecule has 0 aliphatic heterocycles. The van der Waals surface area contributed by atoms with Gasteiger partial charge in [0.15, 0.2) is 11.6 Å². The van der Waals surface area contributed by atoms with Gasteiger partial charge in [-0.1, -0.05) is 23.8 Å². The molecule has 2 aromatic carbocycles. The number of anilines is 1. The predicted octanol–water partition coefficient (Wildman–Crippen LogP) is 3.82. The molecule has 1 amide bonds. The number of nitriles is 1. The van der Waals surface area contributed by atoms with Crippen LogP contribution in [-0.2, 0) is 4.79 Å². The summed E-state index contributed by atoms with van der Waals surface area (Å²) >= 11 is 0. The van der Waals surface area contributed by atoms with E-state index in [1.165, 1.54) is 12.1 Å². The third-order valence-electron chi connectivity index (χ3n) is 2.93. The average molecular weight is 298 g/mol. The topological polar surface area (TPSA) is 52.9 Å². The maximum Gasteiger partial charge on any atom is 0.266 e. The van der Waals surface area contributed by atoms with Gasteiger partial charge in [-0.3, -0.25) is 4.79 Å². The first-order valence-electron chi connectivity index (χ1n) is 6.44. The third kappa shape index (κ3) is 3.76. The lowest BCUT2D eigenvalue weighted by molar-refractivity contribution is -0.112. The number of hydrogen-bond donors (Lipinski definition) is 1. The van der Waals surface area contributed by atoms with Gasteiger partial charge in [0.2, 0.25) is 0 Å². The number of benzene rings is 2. The van der Waals surface area contributed by atoms with Gasteiger partial charge < -0.3 is 5.32 Å². The Balaban J connectivity index is 2.21. The summed E-state index contributed by atoms with van der Waals surface area (Å²) in [5.74, 6) is -2.64. The zero-order valence-corrected chi connectivity index (χ0v) is 11.7. The third-order valence-corrected chi connectivity index (χ3v) is 2.93. The number of aryl methyl sites for hydroxylation is 1. The Morgan fingerprint density at radius 1 is 1.14 bits per heavy atom. The van der Waals surface area contributed by atoms with E-state index in [1.54, 1.807) is 18.2 Å². The molecule has 0 unspecified atom stereocenters. The first-order chi connectivity index (χ1) is 10.5. The van der Waals surface area contributed by atoms with E-state index in [1.807, 2.05) is 19.1 Å². The maximum absolute atomic E-state index is 13.1. The maximum atomic E-state index is 13.1. The van der Waals surface area contributed by atoms with Crippen LogP contribution in [0.15, 0.2) is 48.0 Å². The SMILES string of the molecule is Cc1ccc(NC(=O)/C(C#N)=C/c2ccc(F)c(F)c2)cc1. The standard InChI is InChI=1S/C17H12F2N2O/c1-11-2-5-14(6-3-11)21-17(22)13(10-20)8-12-4-7-15(18)16(19)9-12/h2-9H,1H3,(H,21,22)/b13-8+. The van der Waals surface area contributed by atoms with Gasteiger partial charge >= 0.3 is 0 Å². The van der Waals surface area contributed by atoms with Crippen molar-refractivity contribution in [2.75, 3.05) is 5.32 Å². The zero-order chi connectivity index (χ0) is 16.1. The fraction of sp³-hybridized carbons (Fsp3) is 0.0588. The molecule has 0 fully saturated rings. The summed E-state index contributed by atoms with van der Waals surface area (Å²) < 4.78 is 26.0. The molecule has 0 radical (unpaired) electrons. The highest BCUT2D eigenvalue weighted by molar-refractivity contribution is 6.09. The highest BCUT2D eigenvalue weighted by Crippen LogP contribution is 2.14. The van der Waals surface area contributed by atoms with Gasteiger partial charge in [0.1, 0.15) is 11.6 Å². The van der Waals surface area contributed by atoms with Crippen LogP contribution in [0.5, 0.6) is 0 Å². The van der Waals surface area contributed by atoms with Crippen LogP contribution in [-0.4, -0.2) is 5.91 Å². The second-order valence-electron chi connectivity index (χ2n) is 4.66. The second-order valence-corrected chi connectivity index (χ2v) is 4.66. The Bertz CT molecular complexity index is 774. The molecular weight excluding hydrogens is 286 g/mol. The van der Waals surface area contributed by atoms with Crippen molar-refractivity contribution < 1.29 is 13.6 Å². The number of rotatable bonds is 3. The molecule has 1 N–H and O–H groups in total. The quantitative estimate of drug-likeness (QED) is 0.692. The molecule has 5 heteroatoms. The lowest BCUT2D eigenvalue weighted by Crippen LogP contribution is -2.13. The number of carbonyl (C=O) groups is 1. The Kier molecular flexibility index (Phi) is 4.64. The van der Waals surface area contributed by atoms with Gasteiger partial charge in [-0.15, -0.1) is 0 Å². The minimum Gasteiger partial charge on any atom is -0.321 e. The van der Waals surface area contributed by atoms with Crippen molar-refractivity contribution in [1.29, 1.82) is 5.26 Å². The highest BCUT2D eigenvalue weighted by atomic mass is 19.2. The van der Waals surface area contributed by atoms with Crippen molar-refractivity contribution in [3.05, 3.63) is 70.8 Å². The first-order valence-corrected chi connectivity index (χ1v) is 6.44. The molecule has 0 aromatic heterocycles. The molecule has 0 saturated heterocycles. The van der Waals surface area contributed by atoms with E-state index in [4.69, 9.17) is 5.26 Å². The van der Waals surface area contributed by atoms with Crippen molar-refractivity contribution in [3.8, 4) is 6.07 Å². The summed E-state index contributed by atoms with van der Waals surface area (Å²) in [6, 6.07) is 12.0. The van der Waals surface area contributed by atoms with Gasteiger partial charge in [-0.2, -0.15) is 5.26 Å². The Hall–Kier alpha value is -3.00. The normalized spacial score (nSPS) is 10.9. The van der Waals surface area contributed by atoms with Gasteiger partial charge in [0.25, 0.3) is 5.91 Å². The molecule has 3 nitrogen and oxygen atoms in total. The number of halogens is 2. The van der Waals surface area contributed by atoms with E-state index in [2.05, 4.69) is 5.32 Å². The van der Waals surface area contributed by atoms with Crippen LogP contribution in [0, 0.1) is 29.9 Å². The number of hydrogen-bond acceptors (Lipinski definition) is 2. The molecule has 0 heterocycles. The van der Waals surface area contributed by atoms with Crippen LogP contribution in [0.3, 0.4) is 0 Å². The number of amides is 1. The molecular formula is C17H12F2N2O. The molecule has 110 valence electrons. The lowest BCUT2D eigenvalue weighted by atomic mass is 10.1. The van der Waals surface area contributed by atoms with Crippen molar-refractivity contribution in [3.63, 3.8) is 0 Å². The van der Waals surface area contributed by atoms with E-state index in [-0.39, 0.29) is 11.1 Å². The molecule has 2 aromatic rings. The van der Waals surface area contributed by atoms with E-state index in [0.717, 1.165) is 17.7 Å². The average Bonchev–Trinajstić information content (AvgIpc) is 2.50. The van der Waals surface area contributed by atoms with Crippen LogP contribution in [0.4, 0.5) is 14.5 Å². The molecule has 0 atom stereocenters. The van der Waals surface area contributed by atoms with E-state index in [9.17, 15) is 13.6 Å². The zero-order valence-electron chi connectivity index (χ0n) is 11.7. The summed E-state index contributed by atoms with van der Waals surface area (Å²) in [5.41, 5.74) is 1.61. The molecule has 0 aliphatic rings. The van der Waals surface area contributed by atoms with Crippen LogP contribution >= 0.6 is 0 Å². The number of nitrogens with zero attached hydrogens (tertiary/aromatic N) is 1. The lowest BCUT2D eigenvalue weighted by Gasteiger charge is -2.04. The van der Waals surface area contributed by atoms with Crippen LogP contribution in [0.1, 0.15) is 11.1 Å². The summed E-state index contributed by atoms with van der Waals surface area (Å²) in [4.78, 5) is 12.0. The summed E-state index contributed by atoms with van der Waals surface area (Å²) in [7, 11) is 0. The smallest absolute Gasteiger partial charge is 0.266 e. The number of nitrogens with one attached hydrogen (secondary N) is 1. The Morgan fingerprint density at radius 2 is 1.82 bits per heavy atom. The summed E-state index contributed by atoms with van der Waals surface area (Å²) in [5, 5.41) is 11.6. The van der Waals surface area contributed by atoms with Crippen molar-refractivity contribution in [1.82, 2.24) is 0 Å². The molecule has 0 aliphatic carbocycles. The fourth-order valence-corrected chi connectivity index (χ4v) is 1.75. The van der Waals surface area contributed by atoms with E-state index in [0.29, 0.717) is 5.69 Å². The minimum atomic E-state index is -1.04. The molecule has 0 bridgehead atoms. The number of carbonyl (C=O) groups excluding carboxylic acids is 1. The van der Waals surface area contributed by atoms with Crippen LogP contribution in [0.2, 0.25) is 0 Å². The monoisotopic (exact) mass is 298 g/mol. The van der Waals surface area contributed by atoms with E-state index < -0.39 is 17.5 Å². The van der Waals surface area contributed by atoms with E-state index >= 15 is 0 Å². The van der Waals surface area contributed by atoms with Gasteiger partial charge in [0, 0.05) is 5.69 Å². The van der Waals surface area contributed by atoms with Crippen LogP contribution < -0.4 is 5.32 Å². The fourth-order valence-electron chi connectivity index (χ4n) is 1.75. The summed E-state index contributed by atoms with van der Waals surface area (Å²) in [6.45, 7) is 1.91. The van der Waals surface area contributed by atoms with Crippen molar-refractivity contribution in [2.24, 2.45) is 0 Å². The van der Waals surface area contributed by atoms with Crippen LogP contribution in [0.25, 0.3) is 6.08 Å². The Labute approximate surface area is 126 Å². The molecule has 2 rings (SSSR count). The van der Waals surface area contributed by atoms with Crippen molar-refractivity contribution in [2.45, 2.75) is 6.92 Å². The highest BCUT2D eigenvalue weighted by Gasteiger charge is 2.10.